The van der Waals surface area contributed by atoms with E-state index in [-0.39, 0.29) is 12.0 Å². The number of ether oxygens (including phenoxy) is 1. The second-order valence-electron chi connectivity index (χ2n) is 5.74. The summed E-state index contributed by atoms with van der Waals surface area (Å²) < 4.78 is 5.00. The fraction of sp³-hybridized carbons (Fsp3) is 0.222. The Bertz CT molecular complexity index is 1110. The smallest absolute Gasteiger partial charge is 0.312 e. The molecule has 0 saturated heterocycles. The Hall–Kier alpha value is -3.38. The number of carbonyl (C=O) groups excluding carboxylic acids is 2. The summed E-state index contributed by atoms with van der Waals surface area (Å²) in [5.41, 5.74) is 0.708. The molecule has 9 heteroatoms. The molecular formula is C18H14N4O4S. The molecule has 1 N–H and O–H groups in total. The zero-order chi connectivity index (χ0) is 19.4. The molecule has 1 unspecified atom stereocenters. The summed E-state index contributed by atoms with van der Waals surface area (Å²) in [5.74, 6) is -2.29. The van der Waals surface area contributed by atoms with Gasteiger partial charge in [0.2, 0.25) is 0 Å². The third-order valence-electron chi connectivity index (χ3n) is 3.80. The summed E-state index contributed by atoms with van der Waals surface area (Å²) in [6.07, 6.45) is -0.210. The third-order valence-corrected chi connectivity index (χ3v) is 4.82. The van der Waals surface area contributed by atoms with E-state index in [9.17, 15) is 19.6 Å². The first-order valence-corrected chi connectivity index (χ1v) is 8.84. The van der Waals surface area contributed by atoms with Crippen LogP contribution >= 0.6 is 11.3 Å². The predicted octanol–water partition coefficient (Wildman–Crippen LogP) is 1.65. The van der Waals surface area contributed by atoms with E-state index in [1.54, 1.807) is 36.6 Å². The summed E-state index contributed by atoms with van der Waals surface area (Å²) in [7, 11) is 0. The third kappa shape index (κ3) is 4.07. The van der Waals surface area contributed by atoms with Crippen molar-refractivity contribution in [2.75, 3.05) is 6.61 Å². The highest BCUT2D eigenvalue weighted by atomic mass is 32.1. The average Bonchev–Trinajstić information content (AvgIpc) is 3.09. The lowest BCUT2D eigenvalue weighted by Crippen LogP contribution is -2.21. The largest absolute Gasteiger partial charge is 0.457 e. The van der Waals surface area contributed by atoms with Gasteiger partial charge in [-0.15, -0.1) is 11.3 Å². The molecule has 3 aromatic rings. The van der Waals surface area contributed by atoms with Crippen LogP contribution < -0.4 is 5.56 Å². The van der Waals surface area contributed by atoms with E-state index in [1.807, 2.05) is 6.07 Å². The Balaban J connectivity index is 1.67. The molecule has 0 radical (unpaired) electrons. The number of aromatic nitrogens is 3. The van der Waals surface area contributed by atoms with Crippen LogP contribution in [-0.4, -0.2) is 33.5 Å². The Morgan fingerprint density at radius 1 is 1.33 bits per heavy atom. The van der Waals surface area contributed by atoms with Crippen LogP contribution in [0.25, 0.3) is 10.8 Å². The lowest BCUT2D eigenvalue weighted by atomic mass is 10.1. The lowest BCUT2D eigenvalue weighted by molar-refractivity contribution is -0.147. The highest BCUT2D eigenvalue weighted by Crippen LogP contribution is 2.21. The fourth-order valence-corrected chi connectivity index (χ4v) is 3.36. The number of carbonyl (C=O) groups is 2. The van der Waals surface area contributed by atoms with E-state index in [4.69, 9.17) is 4.74 Å². The SMILES string of the molecule is Cc1csc(C(C#N)C(=O)COC(=O)Cc2n[nH]c(=O)c3ccccc23)n1. The molecule has 8 nitrogen and oxygen atoms in total. The van der Waals surface area contributed by atoms with Crippen LogP contribution in [0.2, 0.25) is 0 Å². The predicted molar refractivity (Wildman–Crippen MR) is 97.2 cm³/mol. The van der Waals surface area contributed by atoms with Crippen molar-refractivity contribution in [3.8, 4) is 6.07 Å². The topological polar surface area (TPSA) is 126 Å². The van der Waals surface area contributed by atoms with Crippen molar-refractivity contribution < 1.29 is 14.3 Å². The van der Waals surface area contributed by atoms with Gasteiger partial charge in [-0.2, -0.15) is 10.4 Å². The van der Waals surface area contributed by atoms with Gasteiger partial charge in [0, 0.05) is 16.5 Å². The lowest BCUT2D eigenvalue weighted by Gasteiger charge is -2.07. The number of thiazole rings is 1. The van der Waals surface area contributed by atoms with E-state index in [0.29, 0.717) is 21.5 Å². The molecule has 0 fully saturated rings. The number of aromatic amines is 1. The number of rotatable bonds is 6. The van der Waals surface area contributed by atoms with E-state index in [0.717, 1.165) is 5.69 Å². The number of benzene rings is 1. The standard InChI is InChI=1S/C18H14N4O4S/c1-10-9-27-18(20-10)13(7-19)15(23)8-26-16(24)6-14-11-4-2-3-5-12(11)17(25)22-21-14/h2-5,9,13H,6,8H2,1H3,(H,22,25). The number of hydrogen-bond donors (Lipinski definition) is 1. The summed E-state index contributed by atoms with van der Waals surface area (Å²) >= 11 is 1.21. The second-order valence-corrected chi connectivity index (χ2v) is 6.63. The maximum atomic E-state index is 12.2. The number of nitrogens with one attached hydrogen (secondary N) is 1. The van der Waals surface area contributed by atoms with Crippen molar-refractivity contribution in [2.45, 2.75) is 19.3 Å². The van der Waals surface area contributed by atoms with Gasteiger partial charge in [0.05, 0.1) is 23.6 Å². The van der Waals surface area contributed by atoms with Gasteiger partial charge in [0.1, 0.15) is 5.01 Å². The number of H-pyrrole nitrogens is 1. The zero-order valence-electron chi connectivity index (χ0n) is 14.3. The van der Waals surface area contributed by atoms with Crippen LogP contribution in [-0.2, 0) is 20.7 Å². The molecule has 1 aromatic carbocycles. The van der Waals surface area contributed by atoms with Crippen LogP contribution in [0.1, 0.15) is 22.3 Å². The monoisotopic (exact) mass is 382 g/mol. The fourth-order valence-electron chi connectivity index (χ4n) is 2.50. The molecular weight excluding hydrogens is 368 g/mol. The molecule has 2 aromatic heterocycles. The van der Waals surface area contributed by atoms with E-state index in [2.05, 4.69) is 15.2 Å². The van der Waals surface area contributed by atoms with Crippen molar-refractivity contribution in [3.63, 3.8) is 0 Å². The highest BCUT2D eigenvalue weighted by Gasteiger charge is 2.24. The minimum absolute atomic E-state index is 0.210. The van der Waals surface area contributed by atoms with E-state index < -0.39 is 24.3 Å². The molecule has 2 heterocycles. The number of nitrogens with zero attached hydrogens (tertiary/aromatic N) is 3. The molecule has 27 heavy (non-hydrogen) atoms. The van der Waals surface area contributed by atoms with Crippen LogP contribution in [0, 0.1) is 18.3 Å². The minimum Gasteiger partial charge on any atom is -0.457 e. The van der Waals surface area contributed by atoms with E-state index in [1.165, 1.54) is 11.3 Å². The van der Waals surface area contributed by atoms with Crippen LogP contribution in [0.5, 0.6) is 0 Å². The first-order valence-electron chi connectivity index (χ1n) is 7.96. The Morgan fingerprint density at radius 2 is 2.07 bits per heavy atom. The van der Waals surface area contributed by atoms with Crippen molar-refractivity contribution >= 4 is 33.9 Å². The normalized spacial score (nSPS) is 11.7. The minimum atomic E-state index is -1.07. The Labute approximate surface area is 157 Å². The van der Waals surface area contributed by atoms with Crippen LogP contribution in [0.15, 0.2) is 34.4 Å². The van der Waals surface area contributed by atoms with Crippen molar-refractivity contribution in [2.24, 2.45) is 0 Å². The molecule has 0 aliphatic rings. The number of fused-ring (bicyclic) bond motifs is 1. The van der Waals surface area contributed by atoms with Gasteiger partial charge >= 0.3 is 5.97 Å². The molecule has 1 atom stereocenters. The number of nitriles is 1. The average molecular weight is 382 g/mol. The van der Waals surface area contributed by atoms with Gasteiger partial charge in [-0.05, 0) is 13.0 Å². The van der Waals surface area contributed by atoms with Gasteiger partial charge in [0.25, 0.3) is 5.56 Å². The first-order chi connectivity index (χ1) is 13.0. The number of aryl methyl sites for hydroxylation is 1. The number of Topliss-reactive ketones (excluding diaryl/α,β-unsaturated/α-hetero) is 1. The molecule has 0 spiro atoms. The number of hydrogen-bond acceptors (Lipinski definition) is 8. The second kappa shape index (κ2) is 7.88. The van der Waals surface area contributed by atoms with Crippen molar-refractivity contribution in [1.82, 2.24) is 15.2 Å². The maximum absolute atomic E-state index is 12.2. The summed E-state index contributed by atoms with van der Waals surface area (Å²) in [6, 6.07) is 8.64. The van der Waals surface area contributed by atoms with Crippen LogP contribution in [0.4, 0.5) is 0 Å². The summed E-state index contributed by atoms with van der Waals surface area (Å²) in [5, 5.41) is 18.5. The van der Waals surface area contributed by atoms with E-state index >= 15 is 0 Å². The van der Waals surface area contributed by atoms with Gasteiger partial charge in [-0.1, -0.05) is 18.2 Å². The van der Waals surface area contributed by atoms with Crippen molar-refractivity contribution in [1.29, 1.82) is 5.26 Å². The van der Waals surface area contributed by atoms with Gasteiger partial charge < -0.3 is 4.74 Å². The molecule has 0 aliphatic carbocycles. The maximum Gasteiger partial charge on any atom is 0.312 e. The molecule has 136 valence electrons. The molecule has 0 saturated carbocycles. The van der Waals surface area contributed by atoms with Gasteiger partial charge in [0.15, 0.2) is 18.3 Å². The molecule has 0 aliphatic heterocycles. The first kappa shape index (κ1) is 18.4. The quantitative estimate of drug-likeness (QED) is 0.642. The summed E-state index contributed by atoms with van der Waals surface area (Å²) in [4.78, 5) is 40.2. The zero-order valence-corrected chi connectivity index (χ0v) is 15.1. The number of ketones is 1. The Morgan fingerprint density at radius 3 is 2.74 bits per heavy atom. The Kier molecular flexibility index (Phi) is 5.38. The summed E-state index contributed by atoms with van der Waals surface area (Å²) in [6.45, 7) is 1.23. The molecule has 0 amide bonds. The van der Waals surface area contributed by atoms with Crippen LogP contribution in [0.3, 0.4) is 0 Å². The van der Waals surface area contributed by atoms with Gasteiger partial charge in [-0.3, -0.25) is 14.4 Å². The molecule has 0 bridgehead atoms. The van der Waals surface area contributed by atoms with Gasteiger partial charge in [-0.25, -0.2) is 10.1 Å². The highest BCUT2D eigenvalue weighted by molar-refractivity contribution is 7.09. The molecule has 3 rings (SSSR count). The van der Waals surface area contributed by atoms with Crippen molar-refractivity contribution in [3.05, 3.63) is 56.4 Å². The number of esters is 1.